The number of aliphatic carboxylic acids is 1. The second kappa shape index (κ2) is 10.9. The van der Waals surface area contributed by atoms with Crippen molar-refractivity contribution in [2.24, 2.45) is 4.99 Å². The Labute approximate surface area is 233 Å². The number of para-hydroxylation sites is 1. The van der Waals surface area contributed by atoms with Gasteiger partial charge in [0.1, 0.15) is 11.8 Å². The summed E-state index contributed by atoms with van der Waals surface area (Å²) in [4.78, 5) is 44.0. The minimum Gasteiger partial charge on any atom is -0.481 e. The molecule has 8 nitrogen and oxygen atoms in total. The monoisotopic (exact) mass is 609 g/mol. The van der Waals surface area contributed by atoms with Crippen LogP contribution >= 0.6 is 38.6 Å². The van der Waals surface area contributed by atoms with Gasteiger partial charge >= 0.3 is 5.97 Å². The number of nitrogens with zero attached hydrogens (tertiary/aromatic N) is 2. The number of carbonyl (C=O) groups excluding carboxylic acids is 1. The Morgan fingerprint density at radius 2 is 1.97 bits per heavy atom. The van der Waals surface area contributed by atoms with Crippen molar-refractivity contribution < 1.29 is 19.4 Å². The van der Waals surface area contributed by atoms with E-state index in [-0.39, 0.29) is 11.5 Å². The number of ether oxygens (including phenoxy) is 1. The summed E-state index contributed by atoms with van der Waals surface area (Å²) in [7, 11) is 0. The largest absolute Gasteiger partial charge is 0.481 e. The van der Waals surface area contributed by atoms with Crippen molar-refractivity contribution >= 4 is 62.2 Å². The lowest BCUT2D eigenvalue weighted by Crippen LogP contribution is -2.40. The fourth-order valence-corrected chi connectivity index (χ4v) is 6.44. The molecule has 192 valence electrons. The zero-order valence-corrected chi connectivity index (χ0v) is 23.1. The fraction of sp³-hybridized carbons (Fsp3) is 0.111. The zero-order chi connectivity index (χ0) is 26.8. The average Bonchev–Trinajstić information content (AvgIpc) is 3.52. The molecule has 1 atom stereocenters. The van der Waals surface area contributed by atoms with E-state index in [2.05, 4.69) is 26.2 Å². The van der Waals surface area contributed by atoms with Crippen molar-refractivity contribution in [2.75, 3.05) is 11.9 Å². The van der Waals surface area contributed by atoms with Crippen LogP contribution in [0.1, 0.15) is 23.4 Å². The summed E-state index contributed by atoms with van der Waals surface area (Å²) in [5.41, 5.74) is 2.08. The number of fused-ring (bicyclic) bond motifs is 1. The van der Waals surface area contributed by atoms with Crippen LogP contribution in [0.5, 0.6) is 5.75 Å². The second-order valence-corrected chi connectivity index (χ2v) is 11.1. The van der Waals surface area contributed by atoms with Crippen LogP contribution in [-0.2, 0) is 9.59 Å². The third-order valence-electron chi connectivity index (χ3n) is 5.72. The van der Waals surface area contributed by atoms with Gasteiger partial charge in [0.05, 0.1) is 20.3 Å². The van der Waals surface area contributed by atoms with Crippen molar-refractivity contribution in [1.82, 2.24) is 4.57 Å². The molecule has 0 saturated heterocycles. The molecular weight excluding hydrogens is 590 g/mol. The molecule has 38 heavy (non-hydrogen) atoms. The van der Waals surface area contributed by atoms with Gasteiger partial charge in [0.15, 0.2) is 11.4 Å². The fourth-order valence-electron chi connectivity index (χ4n) is 4.06. The van der Waals surface area contributed by atoms with Gasteiger partial charge in [-0.05, 0) is 70.2 Å². The van der Waals surface area contributed by atoms with Gasteiger partial charge < -0.3 is 15.2 Å². The van der Waals surface area contributed by atoms with Gasteiger partial charge in [-0.25, -0.2) is 9.79 Å². The summed E-state index contributed by atoms with van der Waals surface area (Å²) in [6, 6.07) is 17.5. The van der Waals surface area contributed by atoms with E-state index in [0.29, 0.717) is 36.5 Å². The molecule has 11 heteroatoms. The molecule has 4 aromatic rings. The first kappa shape index (κ1) is 25.8. The standard InChI is InChI=1S/C27H20BrN3O5S2/c1-15-23(25(34)30-17-6-3-2-4-7-17)24(20-8-5-11-37-20)31-26(35)21(38-27(31)29-15)13-16-9-10-19(18(28)12-16)36-14-22(32)33/h2-13,24H,14H2,1H3,(H,30,34)(H,32,33). The topological polar surface area (TPSA) is 110 Å². The Morgan fingerprint density at radius 3 is 2.66 bits per heavy atom. The normalized spacial score (nSPS) is 15.1. The molecule has 0 aliphatic carbocycles. The first-order valence-corrected chi connectivity index (χ1v) is 13.9. The molecule has 0 spiro atoms. The molecule has 3 heterocycles. The highest BCUT2D eigenvalue weighted by Gasteiger charge is 2.33. The number of hydrogen-bond acceptors (Lipinski definition) is 7. The van der Waals surface area contributed by atoms with Gasteiger partial charge in [-0.1, -0.05) is 41.7 Å². The number of aromatic nitrogens is 1. The van der Waals surface area contributed by atoms with E-state index in [9.17, 15) is 14.4 Å². The van der Waals surface area contributed by atoms with E-state index in [1.807, 2.05) is 35.7 Å². The van der Waals surface area contributed by atoms with Crippen LogP contribution in [0.3, 0.4) is 0 Å². The number of thiazole rings is 1. The molecule has 2 aromatic carbocycles. The minimum absolute atomic E-state index is 0.257. The summed E-state index contributed by atoms with van der Waals surface area (Å²) in [6.45, 7) is 1.32. The molecule has 0 saturated carbocycles. The van der Waals surface area contributed by atoms with Crippen molar-refractivity contribution in [2.45, 2.75) is 13.0 Å². The maximum atomic E-state index is 13.7. The predicted octanol–water partition coefficient (Wildman–Crippen LogP) is 4.16. The molecule has 0 radical (unpaired) electrons. The minimum atomic E-state index is -1.07. The maximum absolute atomic E-state index is 13.7. The molecule has 1 unspecified atom stereocenters. The molecule has 1 amide bonds. The number of allylic oxidation sites excluding steroid dienone is 1. The van der Waals surface area contributed by atoms with Crippen molar-refractivity contribution in [3.05, 3.63) is 112 Å². The molecule has 1 aliphatic heterocycles. The quantitative estimate of drug-likeness (QED) is 0.327. The summed E-state index contributed by atoms with van der Waals surface area (Å²) in [6.07, 6.45) is 1.74. The first-order valence-electron chi connectivity index (χ1n) is 11.4. The van der Waals surface area contributed by atoms with Crippen LogP contribution in [0.4, 0.5) is 5.69 Å². The molecule has 2 N–H and O–H groups in total. The number of carbonyl (C=O) groups is 2. The smallest absolute Gasteiger partial charge is 0.341 e. The lowest BCUT2D eigenvalue weighted by molar-refractivity contribution is -0.139. The van der Waals surface area contributed by atoms with E-state index in [1.165, 1.54) is 22.7 Å². The lowest BCUT2D eigenvalue weighted by atomic mass is 10.0. The van der Waals surface area contributed by atoms with Gasteiger partial charge in [0.2, 0.25) is 0 Å². The highest BCUT2D eigenvalue weighted by Crippen LogP contribution is 2.33. The number of carboxylic acids is 1. The zero-order valence-electron chi connectivity index (χ0n) is 19.9. The average molecular weight is 611 g/mol. The Bertz CT molecular complexity index is 1740. The van der Waals surface area contributed by atoms with Crippen molar-refractivity contribution in [3.8, 4) is 5.75 Å². The van der Waals surface area contributed by atoms with Crippen LogP contribution in [0.2, 0.25) is 0 Å². The van der Waals surface area contributed by atoms with E-state index in [1.54, 1.807) is 47.9 Å². The lowest BCUT2D eigenvalue weighted by Gasteiger charge is -2.24. The maximum Gasteiger partial charge on any atom is 0.341 e. The highest BCUT2D eigenvalue weighted by molar-refractivity contribution is 9.10. The van der Waals surface area contributed by atoms with Crippen LogP contribution in [0.15, 0.2) is 91.6 Å². The van der Waals surface area contributed by atoms with Crippen LogP contribution in [0, 0.1) is 0 Å². The molecule has 0 bridgehead atoms. The third-order valence-corrected chi connectivity index (χ3v) is 8.24. The van der Waals surface area contributed by atoms with Gasteiger partial charge in [0.25, 0.3) is 11.5 Å². The van der Waals surface area contributed by atoms with Gasteiger partial charge in [-0.3, -0.25) is 14.2 Å². The summed E-state index contributed by atoms with van der Waals surface area (Å²) >= 11 is 6.11. The van der Waals surface area contributed by atoms with Crippen LogP contribution in [0.25, 0.3) is 6.08 Å². The Balaban J connectivity index is 1.56. The highest BCUT2D eigenvalue weighted by atomic mass is 79.9. The van der Waals surface area contributed by atoms with Crippen molar-refractivity contribution in [1.29, 1.82) is 0 Å². The predicted molar refractivity (Wildman–Crippen MR) is 150 cm³/mol. The summed E-state index contributed by atoms with van der Waals surface area (Å²) in [5.74, 6) is -1.01. The number of anilines is 1. The molecular formula is C27H20BrN3O5S2. The number of thiophene rings is 1. The van der Waals surface area contributed by atoms with E-state index in [4.69, 9.17) is 9.84 Å². The Morgan fingerprint density at radius 1 is 1.18 bits per heavy atom. The molecule has 1 aliphatic rings. The number of nitrogens with one attached hydrogen (secondary N) is 1. The second-order valence-electron chi connectivity index (χ2n) is 8.29. The number of amides is 1. The first-order chi connectivity index (χ1) is 18.3. The third kappa shape index (κ3) is 5.26. The van der Waals surface area contributed by atoms with Crippen LogP contribution < -0.4 is 24.9 Å². The Kier molecular flexibility index (Phi) is 7.41. The molecule has 2 aromatic heterocycles. The van der Waals surface area contributed by atoms with Crippen molar-refractivity contribution in [3.63, 3.8) is 0 Å². The van der Waals surface area contributed by atoms with Gasteiger partial charge in [0, 0.05) is 10.6 Å². The van der Waals surface area contributed by atoms with E-state index in [0.717, 1.165) is 10.4 Å². The summed E-state index contributed by atoms with van der Waals surface area (Å²) < 4.78 is 7.85. The number of carboxylic acid groups (broad SMARTS) is 1. The van der Waals surface area contributed by atoms with E-state index >= 15 is 0 Å². The number of rotatable bonds is 7. The number of halogens is 1. The number of benzene rings is 2. The van der Waals surface area contributed by atoms with Gasteiger partial charge in [-0.2, -0.15) is 0 Å². The summed E-state index contributed by atoms with van der Waals surface area (Å²) in [5, 5.41) is 13.7. The van der Waals surface area contributed by atoms with E-state index < -0.39 is 18.6 Å². The van der Waals surface area contributed by atoms with Gasteiger partial charge in [-0.15, -0.1) is 11.3 Å². The SMILES string of the molecule is CC1=C(C(=O)Nc2ccccc2)C(c2cccs2)n2c(sc(=Cc3ccc(OCC(=O)O)c(Br)c3)c2=O)=N1. The molecule has 5 rings (SSSR count). The Hall–Kier alpha value is -3.80. The van der Waals surface area contributed by atoms with Crippen LogP contribution in [-0.4, -0.2) is 28.2 Å². The number of hydrogen-bond donors (Lipinski definition) is 2. The molecule has 0 fully saturated rings.